The van der Waals surface area contributed by atoms with E-state index in [1.165, 1.54) is 0 Å². The fraction of sp³-hybridized carbons (Fsp3) is 0.235. The van der Waals surface area contributed by atoms with Gasteiger partial charge in [-0.25, -0.2) is 0 Å². The summed E-state index contributed by atoms with van der Waals surface area (Å²) < 4.78 is 6.66. The molecule has 0 saturated heterocycles. The van der Waals surface area contributed by atoms with Crippen LogP contribution in [0.2, 0.25) is 0 Å². The molecular formula is C17H15BrO2. The van der Waals surface area contributed by atoms with E-state index in [1.54, 1.807) is 0 Å². The van der Waals surface area contributed by atoms with Crippen molar-refractivity contribution in [2.45, 2.75) is 25.9 Å². The van der Waals surface area contributed by atoms with Gasteiger partial charge in [0.25, 0.3) is 0 Å². The largest absolute Gasteiger partial charge is 0.490 e. The first-order chi connectivity index (χ1) is 9.63. The van der Waals surface area contributed by atoms with E-state index in [0.717, 1.165) is 34.2 Å². The van der Waals surface area contributed by atoms with Crippen LogP contribution >= 0.6 is 15.9 Å². The van der Waals surface area contributed by atoms with Gasteiger partial charge in [-0.15, -0.1) is 0 Å². The van der Waals surface area contributed by atoms with E-state index in [-0.39, 0.29) is 5.78 Å². The van der Waals surface area contributed by atoms with Crippen LogP contribution in [-0.4, -0.2) is 11.9 Å². The van der Waals surface area contributed by atoms with Crippen LogP contribution in [0, 0.1) is 6.92 Å². The Hall–Kier alpha value is -1.61. The summed E-state index contributed by atoms with van der Waals surface area (Å²) in [6.45, 7) is 1.95. The van der Waals surface area contributed by atoms with Crippen LogP contribution in [0.5, 0.6) is 5.75 Å². The zero-order valence-corrected chi connectivity index (χ0v) is 12.8. The maximum atomic E-state index is 12.6. The molecule has 0 heterocycles. The van der Waals surface area contributed by atoms with Gasteiger partial charge >= 0.3 is 0 Å². The number of ether oxygens (including phenoxy) is 1. The molecule has 0 spiro atoms. The molecule has 0 N–H and O–H groups in total. The van der Waals surface area contributed by atoms with Crippen LogP contribution in [0.25, 0.3) is 0 Å². The van der Waals surface area contributed by atoms with Gasteiger partial charge in [-0.05, 0) is 49.6 Å². The molecule has 0 amide bonds. The van der Waals surface area contributed by atoms with Crippen LogP contribution < -0.4 is 4.74 Å². The van der Waals surface area contributed by atoms with Gasteiger partial charge in [0, 0.05) is 15.6 Å². The van der Waals surface area contributed by atoms with Gasteiger partial charge in [0.2, 0.25) is 0 Å². The second kappa shape index (κ2) is 5.41. The Labute approximate surface area is 126 Å². The first-order valence-electron chi connectivity index (χ1n) is 6.71. The lowest BCUT2D eigenvalue weighted by Gasteiger charge is -2.08. The van der Waals surface area contributed by atoms with Crippen molar-refractivity contribution in [3.8, 4) is 5.75 Å². The van der Waals surface area contributed by atoms with Crippen LogP contribution in [0.3, 0.4) is 0 Å². The van der Waals surface area contributed by atoms with Crippen LogP contribution in [0.1, 0.15) is 34.3 Å². The van der Waals surface area contributed by atoms with Crippen LogP contribution in [0.15, 0.2) is 46.9 Å². The highest BCUT2D eigenvalue weighted by Gasteiger charge is 2.23. The number of ketones is 1. The van der Waals surface area contributed by atoms with Crippen LogP contribution in [-0.2, 0) is 0 Å². The molecule has 1 fully saturated rings. The predicted octanol–water partition coefficient (Wildman–Crippen LogP) is 4.53. The Bertz CT molecular complexity index is 660. The average Bonchev–Trinajstić information content (AvgIpc) is 3.25. The Kier molecular flexibility index (Phi) is 3.62. The van der Waals surface area contributed by atoms with E-state index in [4.69, 9.17) is 4.74 Å². The molecule has 0 bridgehead atoms. The molecule has 1 saturated carbocycles. The van der Waals surface area contributed by atoms with Crippen molar-refractivity contribution in [1.82, 2.24) is 0 Å². The summed E-state index contributed by atoms with van der Waals surface area (Å²) in [7, 11) is 0. The first-order valence-corrected chi connectivity index (χ1v) is 7.50. The monoisotopic (exact) mass is 330 g/mol. The second-order valence-electron chi connectivity index (χ2n) is 5.13. The van der Waals surface area contributed by atoms with E-state index in [2.05, 4.69) is 15.9 Å². The van der Waals surface area contributed by atoms with Crippen molar-refractivity contribution in [1.29, 1.82) is 0 Å². The summed E-state index contributed by atoms with van der Waals surface area (Å²) in [6.07, 6.45) is 2.57. The molecule has 0 atom stereocenters. The number of benzene rings is 2. The van der Waals surface area contributed by atoms with E-state index in [0.29, 0.717) is 11.7 Å². The van der Waals surface area contributed by atoms with E-state index >= 15 is 0 Å². The third kappa shape index (κ3) is 2.93. The predicted molar refractivity (Wildman–Crippen MR) is 82.4 cm³/mol. The Balaban J connectivity index is 1.91. The lowest BCUT2D eigenvalue weighted by Crippen LogP contribution is -2.05. The van der Waals surface area contributed by atoms with Crippen molar-refractivity contribution < 1.29 is 9.53 Å². The topological polar surface area (TPSA) is 26.3 Å². The van der Waals surface area contributed by atoms with E-state index < -0.39 is 0 Å². The summed E-state index contributed by atoms with van der Waals surface area (Å²) >= 11 is 3.42. The number of aryl methyl sites for hydroxylation is 1. The molecule has 102 valence electrons. The normalized spacial score (nSPS) is 14.1. The standard InChI is InChI=1S/C17H15BrO2/c1-11-5-6-13(18)10-16(11)17(19)12-3-2-4-15(9-12)20-14-7-8-14/h2-6,9-10,14H,7-8H2,1H3. The minimum atomic E-state index is 0.0325. The van der Waals surface area contributed by atoms with Crippen molar-refractivity contribution in [3.05, 3.63) is 63.6 Å². The minimum absolute atomic E-state index is 0.0325. The molecule has 2 aromatic carbocycles. The molecule has 0 radical (unpaired) electrons. The third-order valence-electron chi connectivity index (χ3n) is 3.37. The lowest BCUT2D eigenvalue weighted by molar-refractivity contribution is 0.103. The quantitative estimate of drug-likeness (QED) is 0.770. The fourth-order valence-corrected chi connectivity index (χ4v) is 2.44. The molecule has 20 heavy (non-hydrogen) atoms. The second-order valence-corrected chi connectivity index (χ2v) is 6.05. The zero-order chi connectivity index (χ0) is 14.1. The van der Waals surface area contributed by atoms with Gasteiger partial charge < -0.3 is 4.74 Å². The van der Waals surface area contributed by atoms with Crippen molar-refractivity contribution in [2.75, 3.05) is 0 Å². The molecule has 0 aromatic heterocycles. The maximum Gasteiger partial charge on any atom is 0.193 e. The van der Waals surface area contributed by atoms with Crippen molar-refractivity contribution in [3.63, 3.8) is 0 Å². The molecule has 0 unspecified atom stereocenters. The maximum absolute atomic E-state index is 12.6. The summed E-state index contributed by atoms with van der Waals surface area (Å²) in [5, 5.41) is 0. The number of halogens is 1. The van der Waals surface area contributed by atoms with Gasteiger partial charge in [0.15, 0.2) is 5.78 Å². The summed E-state index contributed by atoms with van der Waals surface area (Å²) in [5.74, 6) is 0.816. The number of carbonyl (C=O) groups excluding carboxylic acids is 1. The fourth-order valence-electron chi connectivity index (χ4n) is 2.08. The average molecular weight is 331 g/mol. The van der Waals surface area contributed by atoms with Gasteiger partial charge in [0.1, 0.15) is 5.75 Å². The number of hydrogen-bond donors (Lipinski definition) is 0. The molecule has 2 nitrogen and oxygen atoms in total. The van der Waals surface area contributed by atoms with Gasteiger partial charge in [-0.1, -0.05) is 34.1 Å². The highest BCUT2D eigenvalue weighted by Crippen LogP contribution is 2.28. The lowest BCUT2D eigenvalue weighted by atomic mass is 9.99. The van der Waals surface area contributed by atoms with Gasteiger partial charge in [-0.3, -0.25) is 4.79 Å². The SMILES string of the molecule is Cc1ccc(Br)cc1C(=O)c1cccc(OC2CC2)c1. The highest BCUT2D eigenvalue weighted by molar-refractivity contribution is 9.10. The third-order valence-corrected chi connectivity index (χ3v) is 3.86. The molecule has 3 rings (SSSR count). The minimum Gasteiger partial charge on any atom is -0.490 e. The van der Waals surface area contributed by atoms with Crippen molar-refractivity contribution in [2.24, 2.45) is 0 Å². The van der Waals surface area contributed by atoms with Crippen molar-refractivity contribution >= 4 is 21.7 Å². The smallest absolute Gasteiger partial charge is 0.193 e. The highest BCUT2D eigenvalue weighted by atomic mass is 79.9. The summed E-state index contributed by atoms with van der Waals surface area (Å²) in [5.41, 5.74) is 2.37. The molecular weight excluding hydrogens is 316 g/mol. The first kappa shape index (κ1) is 13.4. The number of hydrogen-bond acceptors (Lipinski definition) is 2. The Morgan fingerprint density at radius 2 is 2.00 bits per heavy atom. The van der Waals surface area contributed by atoms with Gasteiger partial charge in [-0.2, -0.15) is 0 Å². The molecule has 2 aromatic rings. The molecule has 0 aliphatic heterocycles. The number of carbonyl (C=O) groups is 1. The molecule has 1 aliphatic rings. The Morgan fingerprint density at radius 3 is 2.75 bits per heavy atom. The Morgan fingerprint density at radius 1 is 1.20 bits per heavy atom. The molecule has 3 heteroatoms. The van der Waals surface area contributed by atoms with E-state index in [1.807, 2.05) is 49.4 Å². The van der Waals surface area contributed by atoms with E-state index in [9.17, 15) is 4.79 Å². The summed E-state index contributed by atoms with van der Waals surface area (Å²) in [4.78, 5) is 12.6. The zero-order valence-electron chi connectivity index (χ0n) is 11.2. The number of rotatable bonds is 4. The van der Waals surface area contributed by atoms with Gasteiger partial charge in [0.05, 0.1) is 6.10 Å². The summed E-state index contributed by atoms with van der Waals surface area (Å²) in [6, 6.07) is 13.2. The molecule has 1 aliphatic carbocycles. The van der Waals surface area contributed by atoms with Crippen LogP contribution in [0.4, 0.5) is 0 Å².